The molecule has 2 rings (SSSR count). The largest absolute Gasteiger partial charge is 0.508 e. The molecule has 0 heterocycles. The Bertz CT molecular complexity index is 512. The van der Waals surface area contributed by atoms with Gasteiger partial charge in [-0.15, -0.1) is 0 Å². The first kappa shape index (κ1) is 10.7. The van der Waals surface area contributed by atoms with Gasteiger partial charge in [0.25, 0.3) is 0 Å². The fourth-order valence-corrected chi connectivity index (χ4v) is 1.87. The molecule has 16 heavy (non-hydrogen) atoms. The van der Waals surface area contributed by atoms with Crippen LogP contribution in [0.1, 0.15) is 11.1 Å². The van der Waals surface area contributed by atoms with Crippen LogP contribution in [0.2, 0.25) is 0 Å². The van der Waals surface area contributed by atoms with Crippen molar-refractivity contribution in [3.05, 3.63) is 53.3 Å². The lowest BCUT2D eigenvalue weighted by atomic mass is 10.0. The van der Waals surface area contributed by atoms with E-state index in [9.17, 15) is 4.39 Å². The molecular weight excluding hydrogens is 203 g/mol. The second-order valence-corrected chi connectivity index (χ2v) is 4.04. The minimum absolute atomic E-state index is 0.0503. The van der Waals surface area contributed by atoms with Crippen molar-refractivity contribution in [3.63, 3.8) is 0 Å². The minimum atomic E-state index is -0.398. The van der Waals surface area contributed by atoms with Gasteiger partial charge in [-0.3, -0.25) is 0 Å². The summed E-state index contributed by atoms with van der Waals surface area (Å²) < 4.78 is 13.6. The molecule has 1 N–H and O–H groups in total. The fourth-order valence-electron chi connectivity index (χ4n) is 1.87. The highest BCUT2D eigenvalue weighted by Crippen LogP contribution is 2.27. The van der Waals surface area contributed by atoms with Gasteiger partial charge in [-0.1, -0.05) is 29.3 Å². The van der Waals surface area contributed by atoms with Crippen molar-refractivity contribution in [2.75, 3.05) is 0 Å². The first-order valence-corrected chi connectivity index (χ1v) is 5.13. The lowest BCUT2D eigenvalue weighted by molar-refractivity contribution is 0.469. The Morgan fingerprint density at radius 3 is 2.12 bits per heavy atom. The van der Waals surface area contributed by atoms with E-state index >= 15 is 0 Å². The summed E-state index contributed by atoms with van der Waals surface area (Å²) in [5.41, 5.74) is 3.56. The molecule has 0 fully saturated rings. The summed E-state index contributed by atoms with van der Waals surface area (Å²) >= 11 is 0. The van der Waals surface area contributed by atoms with Gasteiger partial charge in [-0.05, 0) is 31.5 Å². The van der Waals surface area contributed by atoms with Crippen LogP contribution in [0.3, 0.4) is 0 Å². The monoisotopic (exact) mass is 216 g/mol. The van der Waals surface area contributed by atoms with E-state index in [1.54, 1.807) is 6.07 Å². The first-order valence-electron chi connectivity index (χ1n) is 5.13. The quantitative estimate of drug-likeness (QED) is 0.768. The third kappa shape index (κ3) is 2.06. The van der Waals surface area contributed by atoms with E-state index in [1.807, 2.05) is 32.0 Å². The summed E-state index contributed by atoms with van der Waals surface area (Å²) in [5, 5.41) is 9.15. The van der Waals surface area contributed by atoms with Crippen LogP contribution in [-0.4, -0.2) is 5.11 Å². The lowest BCUT2D eigenvalue weighted by Gasteiger charge is -2.06. The van der Waals surface area contributed by atoms with Crippen molar-refractivity contribution >= 4 is 0 Å². The number of aromatic hydroxyl groups is 1. The number of hydrogen-bond acceptors (Lipinski definition) is 1. The zero-order valence-corrected chi connectivity index (χ0v) is 9.29. The maximum atomic E-state index is 13.6. The van der Waals surface area contributed by atoms with Gasteiger partial charge in [0.1, 0.15) is 11.6 Å². The van der Waals surface area contributed by atoms with E-state index in [1.165, 1.54) is 6.07 Å². The van der Waals surface area contributed by atoms with Gasteiger partial charge >= 0.3 is 0 Å². The molecule has 0 aliphatic rings. The molecule has 0 saturated carbocycles. The fraction of sp³-hybridized carbons (Fsp3) is 0.143. The number of benzene rings is 2. The van der Waals surface area contributed by atoms with Crippen LogP contribution in [0, 0.1) is 19.7 Å². The molecule has 0 radical (unpaired) electrons. The normalized spacial score (nSPS) is 10.4. The number of aryl methyl sites for hydroxylation is 2. The van der Waals surface area contributed by atoms with E-state index < -0.39 is 5.82 Å². The van der Waals surface area contributed by atoms with E-state index in [4.69, 9.17) is 5.11 Å². The number of hydrogen-bond donors (Lipinski definition) is 1. The summed E-state index contributed by atoms with van der Waals surface area (Å²) in [5.74, 6) is -0.448. The summed E-state index contributed by atoms with van der Waals surface area (Å²) in [7, 11) is 0. The van der Waals surface area contributed by atoms with E-state index in [-0.39, 0.29) is 5.75 Å². The average Bonchev–Trinajstić information content (AvgIpc) is 2.15. The number of phenolic OH excluding ortho intramolecular Hbond substituents is 1. The minimum Gasteiger partial charge on any atom is -0.508 e. The predicted octanol–water partition coefficient (Wildman–Crippen LogP) is 3.82. The summed E-state index contributed by atoms with van der Waals surface area (Å²) in [6.07, 6.45) is 0. The molecule has 0 amide bonds. The van der Waals surface area contributed by atoms with Gasteiger partial charge in [0, 0.05) is 11.6 Å². The number of halogens is 1. The summed E-state index contributed by atoms with van der Waals surface area (Å²) in [4.78, 5) is 0. The van der Waals surface area contributed by atoms with Crippen LogP contribution in [0.25, 0.3) is 11.1 Å². The highest BCUT2D eigenvalue weighted by Gasteiger charge is 2.06. The van der Waals surface area contributed by atoms with Crippen molar-refractivity contribution < 1.29 is 9.50 Å². The molecule has 1 nitrogen and oxygen atoms in total. The van der Waals surface area contributed by atoms with Crippen LogP contribution in [-0.2, 0) is 0 Å². The maximum absolute atomic E-state index is 13.6. The van der Waals surface area contributed by atoms with Crippen LogP contribution < -0.4 is 0 Å². The molecule has 82 valence electrons. The smallest absolute Gasteiger partial charge is 0.134 e. The lowest BCUT2D eigenvalue weighted by Crippen LogP contribution is -1.86. The van der Waals surface area contributed by atoms with Gasteiger partial charge in [0.2, 0.25) is 0 Å². The van der Waals surface area contributed by atoms with Crippen LogP contribution in [0.5, 0.6) is 5.75 Å². The van der Waals surface area contributed by atoms with Gasteiger partial charge in [0.05, 0.1) is 0 Å². The molecule has 0 spiro atoms. The molecule has 0 aliphatic carbocycles. The predicted molar refractivity (Wildman–Crippen MR) is 63.0 cm³/mol. The second kappa shape index (κ2) is 3.97. The zero-order valence-electron chi connectivity index (χ0n) is 9.29. The van der Waals surface area contributed by atoms with Crippen molar-refractivity contribution in [1.29, 1.82) is 0 Å². The van der Waals surface area contributed by atoms with Crippen molar-refractivity contribution in [3.8, 4) is 16.9 Å². The topological polar surface area (TPSA) is 20.2 Å². The van der Waals surface area contributed by atoms with Crippen LogP contribution in [0.4, 0.5) is 4.39 Å². The molecular formula is C14H13FO. The van der Waals surface area contributed by atoms with Crippen molar-refractivity contribution in [2.24, 2.45) is 0 Å². The van der Waals surface area contributed by atoms with E-state index in [0.29, 0.717) is 5.56 Å². The maximum Gasteiger partial charge on any atom is 0.134 e. The third-order valence-corrected chi connectivity index (χ3v) is 2.49. The SMILES string of the molecule is Cc1cc(C)cc(-c2ccc(O)cc2F)c1. The van der Waals surface area contributed by atoms with Crippen LogP contribution in [0.15, 0.2) is 36.4 Å². The molecule has 2 aromatic rings. The first-order chi connectivity index (χ1) is 7.56. The van der Waals surface area contributed by atoms with Crippen molar-refractivity contribution in [1.82, 2.24) is 0 Å². The number of phenols is 1. The molecule has 0 saturated heterocycles. The highest BCUT2D eigenvalue weighted by molar-refractivity contribution is 5.66. The van der Waals surface area contributed by atoms with Gasteiger partial charge in [0.15, 0.2) is 0 Å². The Labute approximate surface area is 94.2 Å². The van der Waals surface area contributed by atoms with Crippen molar-refractivity contribution in [2.45, 2.75) is 13.8 Å². The summed E-state index contributed by atoms with van der Waals surface area (Å²) in [6, 6.07) is 10.1. The highest BCUT2D eigenvalue weighted by atomic mass is 19.1. The Hall–Kier alpha value is -1.83. The van der Waals surface area contributed by atoms with Gasteiger partial charge < -0.3 is 5.11 Å². The molecule has 2 aromatic carbocycles. The molecule has 0 unspecified atom stereocenters. The molecule has 0 aliphatic heterocycles. The Kier molecular flexibility index (Phi) is 2.65. The second-order valence-electron chi connectivity index (χ2n) is 4.04. The van der Waals surface area contributed by atoms with Gasteiger partial charge in [-0.2, -0.15) is 0 Å². The van der Waals surface area contributed by atoms with E-state index in [2.05, 4.69) is 0 Å². The number of rotatable bonds is 1. The van der Waals surface area contributed by atoms with Gasteiger partial charge in [-0.25, -0.2) is 4.39 Å². The molecule has 2 heteroatoms. The molecule has 0 atom stereocenters. The standard InChI is InChI=1S/C14H13FO/c1-9-5-10(2)7-11(6-9)13-4-3-12(16)8-14(13)15/h3-8,16H,1-2H3. The summed E-state index contributed by atoms with van der Waals surface area (Å²) in [6.45, 7) is 3.96. The zero-order chi connectivity index (χ0) is 11.7. The Morgan fingerprint density at radius 1 is 0.938 bits per heavy atom. The van der Waals surface area contributed by atoms with E-state index in [0.717, 1.165) is 22.8 Å². The molecule has 0 bridgehead atoms. The Morgan fingerprint density at radius 2 is 1.56 bits per heavy atom. The van der Waals surface area contributed by atoms with Crippen LogP contribution >= 0.6 is 0 Å². The Balaban J connectivity index is 2.58. The average molecular weight is 216 g/mol. The third-order valence-electron chi connectivity index (χ3n) is 2.49. The molecule has 0 aromatic heterocycles.